The summed E-state index contributed by atoms with van der Waals surface area (Å²) in [5.74, 6) is -0.407. The summed E-state index contributed by atoms with van der Waals surface area (Å²) in [5, 5.41) is 0. The Morgan fingerprint density at radius 3 is 2.53 bits per heavy atom. The highest BCUT2D eigenvalue weighted by Gasteiger charge is 2.07. The smallest absolute Gasteiger partial charge is 0.335 e. The molecule has 0 saturated heterocycles. The molecule has 0 atom stereocenters. The first-order valence-electron chi connectivity index (χ1n) is 6.14. The number of carbonyl (C=O) groups is 1. The second-order valence-electron chi connectivity index (χ2n) is 3.85. The lowest BCUT2D eigenvalue weighted by atomic mass is 10.2. The van der Waals surface area contributed by atoms with E-state index in [1.807, 2.05) is 0 Å². The van der Waals surface area contributed by atoms with E-state index in [9.17, 15) is 4.79 Å². The third-order valence-electron chi connectivity index (χ3n) is 2.23. The summed E-state index contributed by atoms with van der Waals surface area (Å²) in [4.78, 5) is 11.3. The molecule has 0 N–H and O–H groups in total. The molecule has 0 unspecified atom stereocenters. The van der Waals surface area contributed by atoms with Gasteiger partial charge in [-0.15, -0.1) is 0 Å². The summed E-state index contributed by atoms with van der Waals surface area (Å²) in [6, 6.07) is 0. The van der Waals surface area contributed by atoms with Crippen LogP contribution in [-0.2, 0) is 19.0 Å². The average Bonchev–Trinajstić information content (AvgIpc) is 2.33. The quantitative estimate of drug-likeness (QED) is 0.318. The van der Waals surface area contributed by atoms with E-state index in [0.29, 0.717) is 18.8 Å². The van der Waals surface area contributed by atoms with Gasteiger partial charge in [0.1, 0.15) is 6.61 Å². The Hall–Kier alpha value is -0.870. The molecular formula is C13H24O4. The SMILES string of the molecule is C=C(COCCCCCC)C(=O)OCCOC. The number of hydrogen-bond acceptors (Lipinski definition) is 4. The lowest BCUT2D eigenvalue weighted by molar-refractivity contribution is -0.140. The summed E-state index contributed by atoms with van der Waals surface area (Å²) in [6.07, 6.45) is 4.63. The number of unbranched alkanes of at least 4 members (excludes halogenated alkanes) is 3. The van der Waals surface area contributed by atoms with E-state index in [4.69, 9.17) is 14.2 Å². The van der Waals surface area contributed by atoms with E-state index in [2.05, 4.69) is 13.5 Å². The van der Waals surface area contributed by atoms with Crippen molar-refractivity contribution in [1.82, 2.24) is 0 Å². The molecule has 0 aliphatic rings. The number of hydrogen-bond donors (Lipinski definition) is 0. The van der Waals surface area contributed by atoms with Crippen LogP contribution in [0, 0.1) is 0 Å². The van der Waals surface area contributed by atoms with Crippen molar-refractivity contribution in [3.8, 4) is 0 Å². The summed E-state index contributed by atoms with van der Waals surface area (Å²) < 4.78 is 15.0. The largest absolute Gasteiger partial charge is 0.460 e. The molecule has 0 spiro atoms. The van der Waals surface area contributed by atoms with E-state index in [1.54, 1.807) is 7.11 Å². The van der Waals surface area contributed by atoms with Crippen LogP contribution < -0.4 is 0 Å². The zero-order valence-corrected chi connectivity index (χ0v) is 11.0. The molecule has 0 aromatic heterocycles. The molecule has 0 aromatic rings. The highest BCUT2D eigenvalue weighted by molar-refractivity contribution is 5.87. The third kappa shape index (κ3) is 10.0. The van der Waals surface area contributed by atoms with Crippen LogP contribution in [0.5, 0.6) is 0 Å². The lowest BCUT2D eigenvalue weighted by Crippen LogP contribution is -2.14. The lowest BCUT2D eigenvalue weighted by Gasteiger charge is -2.07. The molecule has 4 heteroatoms. The summed E-state index contributed by atoms with van der Waals surface area (Å²) in [6.45, 7) is 7.37. The Morgan fingerprint density at radius 1 is 1.12 bits per heavy atom. The number of methoxy groups -OCH3 is 1. The van der Waals surface area contributed by atoms with Gasteiger partial charge in [0.05, 0.1) is 18.8 Å². The normalized spacial score (nSPS) is 10.2. The van der Waals surface area contributed by atoms with Crippen molar-refractivity contribution in [2.75, 3.05) is 33.5 Å². The molecule has 0 radical (unpaired) electrons. The van der Waals surface area contributed by atoms with Gasteiger partial charge in [0.25, 0.3) is 0 Å². The second kappa shape index (κ2) is 11.6. The fourth-order valence-electron chi connectivity index (χ4n) is 1.20. The zero-order chi connectivity index (χ0) is 12.9. The molecule has 0 heterocycles. The molecule has 0 saturated carbocycles. The fourth-order valence-corrected chi connectivity index (χ4v) is 1.20. The topological polar surface area (TPSA) is 44.8 Å². The van der Waals surface area contributed by atoms with Gasteiger partial charge in [-0.3, -0.25) is 0 Å². The van der Waals surface area contributed by atoms with Gasteiger partial charge in [0.2, 0.25) is 0 Å². The maximum absolute atomic E-state index is 11.3. The molecule has 4 nitrogen and oxygen atoms in total. The Labute approximate surface area is 104 Å². The van der Waals surface area contributed by atoms with Gasteiger partial charge < -0.3 is 14.2 Å². The van der Waals surface area contributed by atoms with Crippen LogP contribution in [0.2, 0.25) is 0 Å². The predicted molar refractivity (Wildman–Crippen MR) is 66.9 cm³/mol. The first-order valence-corrected chi connectivity index (χ1v) is 6.14. The van der Waals surface area contributed by atoms with Crippen molar-refractivity contribution < 1.29 is 19.0 Å². The van der Waals surface area contributed by atoms with Crippen molar-refractivity contribution in [3.05, 3.63) is 12.2 Å². The van der Waals surface area contributed by atoms with Gasteiger partial charge in [-0.1, -0.05) is 32.8 Å². The number of esters is 1. The number of rotatable bonds is 11. The molecular weight excluding hydrogens is 220 g/mol. The van der Waals surface area contributed by atoms with Crippen molar-refractivity contribution in [1.29, 1.82) is 0 Å². The second-order valence-corrected chi connectivity index (χ2v) is 3.85. The first kappa shape index (κ1) is 16.1. The fraction of sp³-hybridized carbons (Fsp3) is 0.769. The molecule has 17 heavy (non-hydrogen) atoms. The van der Waals surface area contributed by atoms with Crippen LogP contribution in [0.1, 0.15) is 32.6 Å². The molecule has 0 aliphatic carbocycles. The summed E-state index contributed by atoms with van der Waals surface area (Å²) in [5.41, 5.74) is 0.358. The van der Waals surface area contributed by atoms with Crippen molar-refractivity contribution >= 4 is 5.97 Å². The van der Waals surface area contributed by atoms with E-state index in [-0.39, 0.29) is 13.2 Å². The molecule has 100 valence electrons. The Bertz CT molecular complexity index is 213. The molecule has 0 rings (SSSR count). The van der Waals surface area contributed by atoms with E-state index < -0.39 is 5.97 Å². The molecule has 0 aliphatic heterocycles. The number of carbonyl (C=O) groups excluding carboxylic acids is 1. The highest BCUT2D eigenvalue weighted by Crippen LogP contribution is 2.01. The van der Waals surface area contributed by atoms with Crippen molar-refractivity contribution in [3.63, 3.8) is 0 Å². The minimum atomic E-state index is -0.407. The third-order valence-corrected chi connectivity index (χ3v) is 2.23. The maximum atomic E-state index is 11.3. The standard InChI is InChI=1S/C13H24O4/c1-4-5-6-7-8-16-11-12(2)13(14)17-10-9-15-3/h2,4-11H2,1,3H3. The minimum Gasteiger partial charge on any atom is -0.460 e. The maximum Gasteiger partial charge on any atom is 0.335 e. The first-order chi connectivity index (χ1) is 8.22. The minimum absolute atomic E-state index is 0.248. The number of ether oxygens (including phenoxy) is 3. The van der Waals surface area contributed by atoms with Crippen LogP contribution in [0.4, 0.5) is 0 Å². The Morgan fingerprint density at radius 2 is 1.88 bits per heavy atom. The van der Waals surface area contributed by atoms with Gasteiger partial charge in [-0.2, -0.15) is 0 Å². The molecule has 0 aromatic carbocycles. The molecule has 0 fully saturated rings. The highest BCUT2D eigenvalue weighted by atomic mass is 16.6. The van der Waals surface area contributed by atoms with Gasteiger partial charge in [0, 0.05) is 13.7 Å². The van der Waals surface area contributed by atoms with Crippen LogP contribution in [0.25, 0.3) is 0 Å². The Kier molecular flexibility index (Phi) is 11.0. The predicted octanol–water partition coefficient (Wildman–Crippen LogP) is 2.33. The van der Waals surface area contributed by atoms with Gasteiger partial charge in [0.15, 0.2) is 0 Å². The van der Waals surface area contributed by atoms with Crippen LogP contribution >= 0.6 is 0 Å². The van der Waals surface area contributed by atoms with Crippen molar-refractivity contribution in [2.45, 2.75) is 32.6 Å². The molecule has 0 amide bonds. The van der Waals surface area contributed by atoms with Crippen LogP contribution in [-0.4, -0.2) is 39.5 Å². The monoisotopic (exact) mass is 244 g/mol. The van der Waals surface area contributed by atoms with Gasteiger partial charge in [-0.05, 0) is 6.42 Å². The molecule has 0 bridgehead atoms. The van der Waals surface area contributed by atoms with E-state index >= 15 is 0 Å². The van der Waals surface area contributed by atoms with Crippen LogP contribution in [0.3, 0.4) is 0 Å². The zero-order valence-electron chi connectivity index (χ0n) is 11.0. The van der Waals surface area contributed by atoms with E-state index in [0.717, 1.165) is 6.42 Å². The Balaban J connectivity index is 3.41. The average molecular weight is 244 g/mol. The summed E-state index contributed by atoms with van der Waals surface area (Å²) >= 11 is 0. The van der Waals surface area contributed by atoms with Gasteiger partial charge in [-0.25, -0.2) is 4.79 Å². The van der Waals surface area contributed by atoms with Crippen molar-refractivity contribution in [2.24, 2.45) is 0 Å². The van der Waals surface area contributed by atoms with Gasteiger partial charge >= 0.3 is 5.97 Å². The van der Waals surface area contributed by atoms with E-state index in [1.165, 1.54) is 19.3 Å². The summed E-state index contributed by atoms with van der Waals surface area (Å²) in [7, 11) is 1.56. The van der Waals surface area contributed by atoms with Crippen LogP contribution in [0.15, 0.2) is 12.2 Å².